The van der Waals surface area contributed by atoms with Gasteiger partial charge in [0.15, 0.2) is 0 Å². The van der Waals surface area contributed by atoms with Gasteiger partial charge in [-0.25, -0.2) is 4.98 Å². The number of hydrogen-bond acceptors (Lipinski definition) is 4. The molecule has 1 atom stereocenters. The van der Waals surface area contributed by atoms with Crippen LogP contribution in [0.1, 0.15) is 29.1 Å². The third-order valence-corrected chi connectivity index (χ3v) is 5.37. The molecule has 3 N–H and O–H groups in total. The number of hydrogen-bond donors (Lipinski definition) is 2. The Labute approximate surface area is 169 Å². The van der Waals surface area contributed by atoms with Crippen molar-refractivity contribution in [2.45, 2.75) is 31.7 Å². The van der Waals surface area contributed by atoms with Crippen LogP contribution in [0.15, 0.2) is 61.3 Å². The van der Waals surface area contributed by atoms with Gasteiger partial charge < -0.3 is 10.7 Å². The van der Waals surface area contributed by atoms with Crippen molar-refractivity contribution in [3.05, 3.63) is 89.0 Å². The molecule has 0 amide bonds. The maximum atomic E-state index is 7.07. The Hall–Kier alpha value is -2.76. The molecule has 4 aromatic rings. The van der Waals surface area contributed by atoms with Gasteiger partial charge >= 0.3 is 0 Å². The molecule has 0 bridgehead atoms. The van der Waals surface area contributed by atoms with Gasteiger partial charge in [-0.15, -0.1) is 0 Å². The van der Waals surface area contributed by atoms with Gasteiger partial charge in [0.1, 0.15) is 0 Å². The van der Waals surface area contributed by atoms with E-state index in [0.717, 1.165) is 39.8 Å². The van der Waals surface area contributed by atoms with Gasteiger partial charge in [-0.2, -0.15) is 0 Å². The second-order valence-electron chi connectivity index (χ2n) is 7.19. The fourth-order valence-corrected chi connectivity index (χ4v) is 3.85. The number of rotatable bonds is 6. The molecule has 28 heavy (non-hydrogen) atoms. The summed E-state index contributed by atoms with van der Waals surface area (Å²) in [7, 11) is 0. The van der Waals surface area contributed by atoms with Crippen molar-refractivity contribution in [2.24, 2.45) is 5.73 Å². The molecule has 0 saturated heterocycles. The second-order valence-corrected chi connectivity index (χ2v) is 7.63. The first-order chi connectivity index (χ1) is 13.5. The standard InChI is InChI=1S/C22H22ClN5/c1-15-10-17(23)12-27-20(15)11-22(24,8-6-18-13-25-14-28-18)21-19-5-3-2-4-16(19)7-9-26-21/h2-5,7,9-10,12-14H,6,8,11,24H2,1H3,(H,25,28). The van der Waals surface area contributed by atoms with E-state index in [1.807, 2.05) is 43.6 Å². The van der Waals surface area contributed by atoms with Crippen LogP contribution in [-0.4, -0.2) is 19.9 Å². The maximum absolute atomic E-state index is 7.07. The van der Waals surface area contributed by atoms with Gasteiger partial charge in [0.05, 0.1) is 28.3 Å². The van der Waals surface area contributed by atoms with Crippen molar-refractivity contribution in [3.63, 3.8) is 0 Å². The van der Waals surface area contributed by atoms with Crippen molar-refractivity contribution >= 4 is 22.4 Å². The van der Waals surface area contributed by atoms with Gasteiger partial charge in [-0.3, -0.25) is 9.97 Å². The van der Waals surface area contributed by atoms with Crippen molar-refractivity contribution in [1.29, 1.82) is 0 Å². The molecule has 0 saturated carbocycles. The number of pyridine rings is 2. The van der Waals surface area contributed by atoms with Gasteiger partial charge in [0.2, 0.25) is 0 Å². The summed E-state index contributed by atoms with van der Waals surface area (Å²) in [6.45, 7) is 2.01. The fraction of sp³-hybridized carbons (Fsp3) is 0.227. The smallest absolute Gasteiger partial charge is 0.0923 e. The van der Waals surface area contributed by atoms with Crippen molar-refractivity contribution < 1.29 is 0 Å². The first-order valence-electron chi connectivity index (χ1n) is 9.27. The Bertz CT molecular complexity index is 1090. The Morgan fingerprint density at radius 3 is 2.79 bits per heavy atom. The number of aryl methyl sites for hydroxylation is 2. The predicted molar refractivity (Wildman–Crippen MR) is 112 cm³/mol. The summed E-state index contributed by atoms with van der Waals surface area (Å²) in [4.78, 5) is 16.6. The molecule has 3 aromatic heterocycles. The molecular formula is C22H22ClN5. The van der Waals surface area contributed by atoms with E-state index in [4.69, 9.17) is 22.3 Å². The molecular weight excluding hydrogens is 370 g/mol. The van der Waals surface area contributed by atoms with Crippen LogP contribution in [0.4, 0.5) is 0 Å². The Morgan fingerprint density at radius 2 is 2.00 bits per heavy atom. The monoisotopic (exact) mass is 391 g/mol. The van der Waals surface area contributed by atoms with Crippen LogP contribution < -0.4 is 5.73 Å². The van der Waals surface area contributed by atoms with Crippen LogP contribution in [0.2, 0.25) is 5.02 Å². The summed E-state index contributed by atoms with van der Waals surface area (Å²) in [5.74, 6) is 0. The number of nitrogens with one attached hydrogen (secondary N) is 1. The molecule has 0 fully saturated rings. The highest BCUT2D eigenvalue weighted by Gasteiger charge is 2.32. The topological polar surface area (TPSA) is 80.5 Å². The number of nitrogens with zero attached hydrogens (tertiary/aromatic N) is 3. The zero-order valence-electron chi connectivity index (χ0n) is 15.7. The van der Waals surface area contributed by atoms with Gasteiger partial charge in [-0.05, 0) is 42.8 Å². The van der Waals surface area contributed by atoms with Crippen LogP contribution in [-0.2, 0) is 18.4 Å². The number of fused-ring (bicyclic) bond motifs is 1. The molecule has 0 aliphatic heterocycles. The molecule has 6 heteroatoms. The third-order valence-electron chi connectivity index (χ3n) is 5.16. The summed E-state index contributed by atoms with van der Waals surface area (Å²) < 4.78 is 0. The molecule has 0 spiro atoms. The number of imidazole rings is 1. The van der Waals surface area contributed by atoms with Crippen molar-refractivity contribution in [3.8, 4) is 0 Å². The number of halogens is 1. The zero-order valence-corrected chi connectivity index (χ0v) is 16.4. The molecule has 142 valence electrons. The van der Waals surface area contributed by atoms with Crippen LogP contribution in [0, 0.1) is 6.92 Å². The lowest BCUT2D eigenvalue weighted by Gasteiger charge is -2.30. The number of nitrogens with two attached hydrogens (primary N) is 1. The highest BCUT2D eigenvalue weighted by atomic mass is 35.5. The summed E-state index contributed by atoms with van der Waals surface area (Å²) in [6, 6.07) is 12.1. The first kappa shape index (κ1) is 18.6. The Balaban J connectivity index is 1.78. The predicted octanol–water partition coefficient (Wildman–Crippen LogP) is 4.34. The lowest BCUT2D eigenvalue weighted by Crippen LogP contribution is -2.41. The highest BCUT2D eigenvalue weighted by Crippen LogP contribution is 2.32. The number of benzene rings is 1. The zero-order chi connectivity index (χ0) is 19.6. The molecule has 0 aliphatic carbocycles. The van der Waals surface area contributed by atoms with Crippen molar-refractivity contribution in [2.75, 3.05) is 0 Å². The van der Waals surface area contributed by atoms with Gasteiger partial charge in [-0.1, -0.05) is 35.9 Å². The lowest BCUT2D eigenvalue weighted by atomic mass is 9.82. The van der Waals surface area contributed by atoms with E-state index in [1.54, 1.807) is 12.5 Å². The maximum Gasteiger partial charge on any atom is 0.0923 e. The lowest BCUT2D eigenvalue weighted by molar-refractivity contribution is 0.392. The van der Waals surface area contributed by atoms with Crippen LogP contribution in [0.5, 0.6) is 0 Å². The largest absolute Gasteiger partial charge is 0.351 e. The second kappa shape index (κ2) is 7.70. The Kier molecular flexibility index (Phi) is 5.11. The molecule has 1 unspecified atom stereocenters. The van der Waals surface area contributed by atoms with Crippen LogP contribution in [0.25, 0.3) is 10.8 Å². The molecule has 1 aromatic carbocycles. The fourth-order valence-electron chi connectivity index (χ4n) is 3.64. The quantitative estimate of drug-likeness (QED) is 0.512. The first-order valence-corrected chi connectivity index (χ1v) is 9.65. The summed E-state index contributed by atoms with van der Waals surface area (Å²) in [5.41, 5.74) is 10.2. The number of H-pyrrole nitrogens is 1. The molecule has 5 nitrogen and oxygen atoms in total. The van der Waals surface area contributed by atoms with E-state index in [9.17, 15) is 0 Å². The van der Waals surface area contributed by atoms with Crippen LogP contribution >= 0.6 is 11.6 Å². The molecule has 0 radical (unpaired) electrons. The molecule has 3 heterocycles. The minimum atomic E-state index is -0.689. The van der Waals surface area contributed by atoms with E-state index in [0.29, 0.717) is 17.9 Å². The number of aromatic nitrogens is 4. The van der Waals surface area contributed by atoms with E-state index in [2.05, 4.69) is 27.1 Å². The minimum Gasteiger partial charge on any atom is -0.351 e. The van der Waals surface area contributed by atoms with E-state index < -0.39 is 5.54 Å². The normalized spacial score (nSPS) is 13.5. The highest BCUT2D eigenvalue weighted by molar-refractivity contribution is 6.30. The van der Waals surface area contributed by atoms with Crippen molar-refractivity contribution in [1.82, 2.24) is 19.9 Å². The van der Waals surface area contributed by atoms with E-state index in [-0.39, 0.29) is 0 Å². The minimum absolute atomic E-state index is 0.571. The van der Waals surface area contributed by atoms with E-state index in [1.165, 1.54) is 0 Å². The van der Waals surface area contributed by atoms with Gasteiger partial charge in [0, 0.05) is 36.1 Å². The molecule has 4 rings (SSSR count). The van der Waals surface area contributed by atoms with Gasteiger partial charge in [0.25, 0.3) is 0 Å². The number of aromatic amines is 1. The third kappa shape index (κ3) is 3.77. The SMILES string of the molecule is Cc1cc(Cl)cnc1CC(N)(CCc1c[nH]cn1)c1nccc2ccccc12. The average molecular weight is 392 g/mol. The molecule has 0 aliphatic rings. The summed E-state index contributed by atoms with van der Waals surface area (Å²) >= 11 is 6.09. The summed E-state index contributed by atoms with van der Waals surface area (Å²) in [5, 5.41) is 2.83. The average Bonchev–Trinajstić information content (AvgIpc) is 3.22. The Morgan fingerprint density at radius 1 is 1.14 bits per heavy atom. The van der Waals surface area contributed by atoms with Crippen LogP contribution in [0.3, 0.4) is 0 Å². The summed E-state index contributed by atoms with van der Waals surface area (Å²) in [6.07, 6.45) is 9.11. The van der Waals surface area contributed by atoms with E-state index >= 15 is 0 Å².